The van der Waals surface area contributed by atoms with Gasteiger partial charge in [0.25, 0.3) is 0 Å². The summed E-state index contributed by atoms with van der Waals surface area (Å²) in [7, 11) is 0. The third-order valence-corrected chi connectivity index (χ3v) is 2.18. The van der Waals surface area contributed by atoms with Gasteiger partial charge in [0.2, 0.25) is 0 Å². The number of hydrogen-bond donors (Lipinski definition) is 3. The topological polar surface area (TPSA) is 88.8 Å². The van der Waals surface area contributed by atoms with E-state index in [0.717, 1.165) is 6.42 Å². The van der Waals surface area contributed by atoms with Gasteiger partial charge in [-0.1, -0.05) is 30.3 Å². The Balaban J connectivity index is 0.00000324. The zero-order valence-electron chi connectivity index (χ0n) is 11.3. The smallest absolute Gasteiger partial charge is 0.195 e. The molecule has 0 fully saturated rings. The lowest BCUT2D eigenvalue weighted by Crippen LogP contribution is -2.42. The Bertz CT molecular complexity index is 414. The summed E-state index contributed by atoms with van der Waals surface area (Å²) in [5.74, 6) is 0.596. The van der Waals surface area contributed by atoms with E-state index in [-0.39, 0.29) is 18.4 Å². The van der Waals surface area contributed by atoms with Crippen LogP contribution < -0.4 is 16.8 Å². The van der Waals surface area contributed by atoms with Crippen LogP contribution in [0.1, 0.15) is 19.4 Å². The molecule has 0 saturated heterocycles. The molecule has 1 rings (SSSR count). The van der Waals surface area contributed by atoms with Crippen molar-refractivity contribution in [3.8, 4) is 0 Å². The van der Waals surface area contributed by atoms with Gasteiger partial charge in [0.1, 0.15) is 0 Å². The Hall–Kier alpha value is -1.75. The maximum Gasteiger partial charge on any atom is 0.195 e. The standard InChI is InChI=1S/C13H21N5.ClH/c1-10(2)17-13(15)18-12(14)16-9-8-11-6-4-3-5-7-11;/h3-7,10H,8-9H2,1-2H3,(H5,14,15,16,17,18);1H. The molecule has 0 amide bonds. The molecule has 19 heavy (non-hydrogen) atoms. The first-order valence-electron chi connectivity index (χ1n) is 6.02. The Morgan fingerprint density at radius 3 is 2.37 bits per heavy atom. The van der Waals surface area contributed by atoms with Gasteiger partial charge in [-0.15, -0.1) is 12.4 Å². The van der Waals surface area contributed by atoms with E-state index < -0.39 is 0 Å². The van der Waals surface area contributed by atoms with Gasteiger partial charge in [-0.25, -0.2) is 0 Å². The van der Waals surface area contributed by atoms with Crippen molar-refractivity contribution < 1.29 is 0 Å². The Morgan fingerprint density at radius 2 is 1.79 bits per heavy atom. The van der Waals surface area contributed by atoms with Crippen LogP contribution in [0.15, 0.2) is 40.3 Å². The van der Waals surface area contributed by atoms with E-state index in [9.17, 15) is 0 Å². The summed E-state index contributed by atoms with van der Waals surface area (Å²) in [5, 5.41) is 2.75. The molecule has 0 atom stereocenters. The SMILES string of the molecule is CC(C)N=C(N)NC(N)=NCCc1ccccc1.Cl. The van der Waals surface area contributed by atoms with Crippen molar-refractivity contribution in [3.63, 3.8) is 0 Å². The quantitative estimate of drug-likeness (QED) is 0.574. The summed E-state index contributed by atoms with van der Waals surface area (Å²) < 4.78 is 0. The molecule has 0 aliphatic carbocycles. The molecular formula is C13H22ClN5. The average Bonchev–Trinajstić information content (AvgIpc) is 2.29. The molecule has 0 aliphatic heterocycles. The third-order valence-electron chi connectivity index (χ3n) is 2.18. The fourth-order valence-corrected chi connectivity index (χ4v) is 1.43. The molecule has 0 bridgehead atoms. The highest BCUT2D eigenvalue weighted by Gasteiger charge is 1.96. The summed E-state index contributed by atoms with van der Waals surface area (Å²) in [6, 6.07) is 10.3. The Morgan fingerprint density at radius 1 is 1.16 bits per heavy atom. The molecular weight excluding hydrogens is 262 g/mol. The lowest BCUT2D eigenvalue weighted by molar-refractivity contribution is 0.826. The van der Waals surface area contributed by atoms with E-state index in [2.05, 4.69) is 27.4 Å². The number of rotatable bonds is 4. The summed E-state index contributed by atoms with van der Waals surface area (Å²) >= 11 is 0. The van der Waals surface area contributed by atoms with E-state index in [1.807, 2.05) is 32.0 Å². The van der Waals surface area contributed by atoms with Gasteiger partial charge in [0, 0.05) is 12.6 Å². The van der Waals surface area contributed by atoms with Gasteiger partial charge >= 0.3 is 0 Å². The van der Waals surface area contributed by atoms with E-state index in [0.29, 0.717) is 18.5 Å². The first-order chi connectivity index (χ1) is 8.58. The second-order valence-corrected chi connectivity index (χ2v) is 4.24. The molecule has 6 heteroatoms. The Kier molecular flexibility index (Phi) is 8.37. The molecule has 0 radical (unpaired) electrons. The largest absolute Gasteiger partial charge is 0.370 e. The van der Waals surface area contributed by atoms with Gasteiger partial charge in [-0.3, -0.25) is 15.3 Å². The molecule has 0 heterocycles. The zero-order valence-corrected chi connectivity index (χ0v) is 12.2. The minimum Gasteiger partial charge on any atom is -0.370 e. The van der Waals surface area contributed by atoms with Gasteiger partial charge in [-0.2, -0.15) is 0 Å². The summed E-state index contributed by atoms with van der Waals surface area (Å²) in [6.45, 7) is 4.51. The number of hydrogen-bond acceptors (Lipinski definition) is 2. The minimum atomic E-state index is 0. The van der Waals surface area contributed by atoms with Gasteiger partial charge < -0.3 is 11.5 Å². The molecule has 0 unspecified atom stereocenters. The predicted octanol–water partition coefficient (Wildman–Crippen LogP) is 1.28. The maximum absolute atomic E-state index is 5.69. The van der Waals surface area contributed by atoms with Crippen LogP contribution in [0.25, 0.3) is 0 Å². The molecule has 0 saturated carbocycles. The summed E-state index contributed by atoms with van der Waals surface area (Å²) in [6.07, 6.45) is 0.852. The second-order valence-electron chi connectivity index (χ2n) is 4.24. The number of benzene rings is 1. The highest BCUT2D eigenvalue weighted by molar-refractivity contribution is 5.97. The zero-order chi connectivity index (χ0) is 13.4. The fraction of sp³-hybridized carbons (Fsp3) is 0.385. The highest BCUT2D eigenvalue weighted by Crippen LogP contribution is 1.99. The molecule has 0 aromatic heterocycles. The third kappa shape index (κ3) is 8.05. The highest BCUT2D eigenvalue weighted by atomic mass is 35.5. The van der Waals surface area contributed by atoms with E-state index >= 15 is 0 Å². The molecule has 0 aliphatic rings. The predicted molar refractivity (Wildman–Crippen MR) is 83.8 cm³/mol. The van der Waals surface area contributed by atoms with Gasteiger partial charge in [0.15, 0.2) is 11.9 Å². The van der Waals surface area contributed by atoms with Crippen molar-refractivity contribution in [2.75, 3.05) is 6.54 Å². The fourth-order valence-electron chi connectivity index (χ4n) is 1.43. The van der Waals surface area contributed by atoms with Crippen molar-refractivity contribution >= 4 is 24.3 Å². The van der Waals surface area contributed by atoms with Crippen LogP contribution in [0.2, 0.25) is 0 Å². The number of guanidine groups is 2. The van der Waals surface area contributed by atoms with Crippen LogP contribution in [0.4, 0.5) is 0 Å². The maximum atomic E-state index is 5.69. The number of nitrogens with one attached hydrogen (secondary N) is 1. The number of nitrogens with zero attached hydrogens (tertiary/aromatic N) is 2. The number of nitrogens with two attached hydrogens (primary N) is 2. The van der Waals surface area contributed by atoms with Gasteiger partial charge in [-0.05, 0) is 25.8 Å². The molecule has 5 nitrogen and oxygen atoms in total. The molecule has 0 spiro atoms. The van der Waals surface area contributed by atoms with Gasteiger partial charge in [0.05, 0.1) is 0 Å². The number of halogens is 1. The second kappa shape index (κ2) is 9.22. The van der Waals surface area contributed by atoms with Crippen molar-refractivity contribution in [2.45, 2.75) is 26.3 Å². The summed E-state index contributed by atoms with van der Waals surface area (Å²) in [5.41, 5.74) is 12.6. The molecule has 106 valence electrons. The monoisotopic (exact) mass is 283 g/mol. The summed E-state index contributed by atoms with van der Waals surface area (Å²) in [4.78, 5) is 8.30. The molecule has 1 aromatic carbocycles. The van der Waals surface area contributed by atoms with Crippen molar-refractivity contribution in [1.82, 2.24) is 5.32 Å². The van der Waals surface area contributed by atoms with Crippen LogP contribution in [0.5, 0.6) is 0 Å². The first kappa shape index (κ1) is 17.2. The minimum absolute atomic E-state index is 0. The normalized spacial score (nSPS) is 12.2. The van der Waals surface area contributed by atoms with Crippen molar-refractivity contribution in [1.29, 1.82) is 0 Å². The Labute approximate surface area is 120 Å². The van der Waals surface area contributed by atoms with Crippen molar-refractivity contribution in [3.05, 3.63) is 35.9 Å². The van der Waals surface area contributed by atoms with Crippen LogP contribution in [-0.4, -0.2) is 24.5 Å². The first-order valence-corrected chi connectivity index (χ1v) is 6.02. The van der Waals surface area contributed by atoms with Crippen LogP contribution in [-0.2, 0) is 6.42 Å². The van der Waals surface area contributed by atoms with Crippen LogP contribution in [0.3, 0.4) is 0 Å². The lowest BCUT2D eigenvalue weighted by Gasteiger charge is -2.06. The van der Waals surface area contributed by atoms with E-state index in [1.165, 1.54) is 5.56 Å². The average molecular weight is 284 g/mol. The number of aliphatic imine (C=N–C) groups is 2. The van der Waals surface area contributed by atoms with Crippen LogP contribution in [0, 0.1) is 0 Å². The lowest BCUT2D eigenvalue weighted by atomic mass is 10.2. The van der Waals surface area contributed by atoms with E-state index in [1.54, 1.807) is 0 Å². The molecule has 5 N–H and O–H groups in total. The van der Waals surface area contributed by atoms with Crippen LogP contribution >= 0.6 is 12.4 Å². The molecule has 1 aromatic rings. The van der Waals surface area contributed by atoms with Crippen molar-refractivity contribution in [2.24, 2.45) is 21.5 Å². The van der Waals surface area contributed by atoms with E-state index in [4.69, 9.17) is 11.5 Å².